The number of carbonyl (C=O) groups is 3. The van der Waals surface area contributed by atoms with E-state index in [4.69, 9.17) is 19.5 Å². The summed E-state index contributed by atoms with van der Waals surface area (Å²) >= 11 is 2.29. The third-order valence-corrected chi connectivity index (χ3v) is 6.14. The van der Waals surface area contributed by atoms with Gasteiger partial charge in [0.2, 0.25) is 5.91 Å². The Kier molecular flexibility index (Phi) is 6.23. The number of thioether (sulfide) groups is 1. The summed E-state index contributed by atoms with van der Waals surface area (Å²) in [5.41, 5.74) is -0.236. The van der Waals surface area contributed by atoms with Crippen LogP contribution in [0, 0.1) is 17.2 Å². The van der Waals surface area contributed by atoms with Gasteiger partial charge in [-0.3, -0.25) is 9.69 Å². The van der Waals surface area contributed by atoms with E-state index in [9.17, 15) is 19.5 Å². The lowest BCUT2D eigenvalue weighted by atomic mass is 9.94. The molecule has 0 saturated carbocycles. The van der Waals surface area contributed by atoms with E-state index < -0.39 is 23.2 Å². The Balaban J connectivity index is 1.64. The lowest BCUT2D eigenvalue weighted by molar-refractivity contribution is -0.155. The third kappa shape index (κ3) is 3.84. The first-order valence-electron chi connectivity index (χ1n) is 8.34. The maximum atomic E-state index is 12.4. The van der Waals surface area contributed by atoms with Gasteiger partial charge in [-0.15, -0.1) is 11.3 Å². The topological polar surface area (TPSA) is 126 Å². The minimum Gasteiger partial charge on any atom is -0.476 e. The molecular weight excluding hydrogens is 408 g/mol. The molecule has 11 heteroatoms. The summed E-state index contributed by atoms with van der Waals surface area (Å²) in [4.78, 5) is 37.0. The van der Waals surface area contributed by atoms with E-state index >= 15 is 0 Å². The fourth-order valence-electron chi connectivity index (χ4n) is 2.77. The number of rotatable bonds is 9. The molecule has 0 radical (unpaired) electrons. The monoisotopic (exact) mass is 424 g/mol. The summed E-state index contributed by atoms with van der Waals surface area (Å²) in [6.45, 7) is 2.04. The summed E-state index contributed by atoms with van der Waals surface area (Å²) in [5.74, 6) is -2.39. The molecule has 1 saturated heterocycles. The van der Waals surface area contributed by atoms with Gasteiger partial charge < -0.3 is 19.3 Å². The number of β-lactam (4-membered cyclic amide) rings is 1. The van der Waals surface area contributed by atoms with Crippen molar-refractivity contribution >= 4 is 40.9 Å². The molecule has 148 valence electrons. The van der Waals surface area contributed by atoms with Crippen molar-refractivity contribution in [3.8, 4) is 11.8 Å². The highest BCUT2D eigenvalue weighted by atomic mass is 32.2. The molecular formula is C17H16N2O7S2. The molecule has 0 bridgehead atoms. The van der Waals surface area contributed by atoms with Crippen LogP contribution < -0.4 is 4.74 Å². The quantitative estimate of drug-likeness (QED) is 0.466. The minimum atomic E-state index is -1.28. The van der Waals surface area contributed by atoms with Crippen molar-refractivity contribution in [1.82, 2.24) is 4.90 Å². The van der Waals surface area contributed by atoms with Crippen LogP contribution in [0.3, 0.4) is 0 Å². The largest absolute Gasteiger partial charge is 0.476 e. The van der Waals surface area contributed by atoms with E-state index in [0.717, 1.165) is 11.8 Å². The summed E-state index contributed by atoms with van der Waals surface area (Å²) in [6.07, 6.45) is 0.271. The van der Waals surface area contributed by atoms with E-state index in [-0.39, 0.29) is 42.1 Å². The minimum absolute atomic E-state index is 0.0366. The summed E-state index contributed by atoms with van der Waals surface area (Å²) < 4.78 is 15.6. The number of amides is 1. The lowest BCUT2D eigenvalue weighted by Gasteiger charge is -2.41. The van der Waals surface area contributed by atoms with Gasteiger partial charge in [0.25, 0.3) is 0 Å². The van der Waals surface area contributed by atoms with Gasteiger partial charge >= 0.3 is 11.9 Å². The average molecular weight is 424 g/mol. The summed E-state index contributed by atoms with van der Waals surface area (Å²) in [7, 11) is 0. The van der Waals surface area contributed by atoms with Gasteiger partial charge in [0.1, 0.15) is 22.9 Å². The maximum absolute atomic E-state index is 12.4. The van der Waals surface area contributed by atoms with Crippen LogP contribution in [0.1, 0.15) is 18.2 Å². The zero-order valence-electron chi connectivity index (χ0n) is 14.7. The fourth-order valence-corrected chi connectivity index (χ4v) is 4.77. The fraction of sp³-hybridized carbons (Fsp3) is 0.412. The first kappa shape index (κ1) is 20.2. The second kappa shape index (κ2) is 8.64. The molecule has 3 heterocycles. The van der Waals surface area contributed by atoms with Crippen LogP contribution in [0.25, 0.3) is 0 Å². The molecule has 1 amide bonds. The molecule has 1 aromatic rings. The highest BCUT2D eigenvalue weighted by Gasteiger charge is 2.56. The van der Waals surface area contributed by atoms with Crippen molar-refractivity contribution in [2.75, 3.05) is 19.8 Å². The summed E-state index contributed by atoms with van der Waals surface area (Å²) in [5, 5.41) is 19.9. The zero-order chi connectivity index (χ0) is 20.3. The molecule has 2 atom stereocenters. The van der Waals surface area contributed by atoms with E-state index in [2.05, 4.69) is 0 Å². The molecule has 1 N–H and O–H groups in total. The van der Waals surface area contributed by atoms with Crippen molar-refractivity contribution in [3.05, 3.63) is 27.1 Å². The molecule has 1 fully saturated rings. The van der Waals surface area contributed by atoms with Gasteiger partial charge in [-0.1, -0.05) is 11.8 Å². The van der Waals surface area contributed by atoms with Crippen molar-refractivity contribution < 1.29 is 33.7 Å². The number of nitrogens with zero attached hydrogens (tertiary/aromatic N) is 2. The van der Waals surface area contributed by atoms with E-state index in [1.807, 2.05) is 6.07 Å². The number of carboxylic acids is 1. The van der Waals surface area contributed by atoms with Gasteiger partial charge in [-0.05, 0) is 24.8 Å². The molecule has 2 aliphatic heterocycles. The molecule has 3 rings (SSSR count). The van der Waals surface area contributed by atoms with Gasteiger partial charge in [-0.2, -0.15) is 5.26 Å². The van der Waals surface area contributed by atoms with Crippen molar-refractivity contribution in [1.29, 1.82) is 5.26 Å². The van der Waals surface area contributed by atoms with Crippen molar-refractivity contribution in [2.24, 2.45) is 5.92 Å². The smallest absolute Gasteiger partial charge is 0.357 e. The van der Waals surface area contributed by atoms with Crippen LogP contribution in [0.2, 0.25) is 0 Å². The molecule has 1 aromatic heterocycles. The maximum Gasteiger partial charge on any atom is 0.357 e. The molecule has 0 aromatic carbocycles. The van der Waals surface area contributed by atoms with E-state index in [1.165, 1.54) is 16.2 Å². The molecule has 9 nitrogen and oxygen atoms in total. The average Bonchev–Trinajstić information content (AvgIpc) is 3.26. The molecule has 2 aliphatic rings. The van der Waals surface area contributed by atoms with Crippen LogP contribution in [0.4, 0.5) is 0 Å². The van der Waals surface area contributed by atoms with Crippen LogP contribution in [-0.4, -0.2) is 53.0 Å². The Hall–Kier alpha value is -2.55. The number of carboxylic acid groups (broad SMARTS) is 1. The predicted molar refractivity (Wildman–Crippen MR) is 98.1 cm³/mol. The van der Waals surface area contributed by atoms with Gasteiger partial charge in [-0.25, -0.2) is 9.59 Å². The standard InChI is InChI=1S/C17H16N2O7S2/c1-2-24-8-12(20)25-5-3-9-14(21)19-13(16(22)23)17(28-15(9)19)26-10-4-6-27-11(10)7-18/h4,6,9,15H,2-3,5,8H2,1H3,(H,22,23)/t9-,15+/m0/s1. The highest BCUT2D eigenvalue weighted by molar-refractivity contribution is 8.03. The Labute approximate surface area is 168 Å². The second-order valence-electron chi connectivity index (χ2n) is 5.74. The number of ether oxygens (including phenoxy) is 3. The first-order valence-corrected chi connectivity index (χ1v) is 10.1. The Morgan fingerprint density at radius 3 is 2.89 bits per heavy atom. The molecule has 0 aliphatic carbocycles. The summed E-state index contributed by atoms with van der Waals surface area (Å²) in [6, 6.07) is 3.55. The van der Waals surface area contributed by atoms with Crippen LogP contribution >= 0.6 is 23.1 Å². The number of esters is 1. The Morgan fingerprint density at radius 1 is 1.43 bits per heavy atom. The van der Waals surface area contributed by atoms with Crippen LogP contribution in [0.15, 0.2) is 22.2 Å². The Morgan fingerprint density at radius 2 is 2.21 bits per heavy atom. The van der Waals surface area contributed by atoms with E-state index in [1.54, 1.807) is 18.4 Å². The number of fused-ring (bicyclic) bond motifs is 1. The van der Waals surface area contributed by atoms with Gasteiger partial charge in [0, 0.05) is 6.61 Å². The van der Waals surface area contributed by atoms with Crippen LogP contribution in [-0.2, 0) is 23.9 Å². The Bertz CT molecular complexity index is 873. The first-order chi connectivity index (χ1) is 13.5. The van der Waals surface area contributed by atoms with Crippen LogP contribution in [0.5, 0.6) is 5.75 Å². The number of aliphatic carboxylic acids is 1. The predicted octanol–water partition coefficient (Wildman–Crippen LogP) is 1.75. The normalized spacial score (nSPS) is 20.4. The number of thiophene rings is 1. The second-order valence-corrected chi connectivity index (χ2v) is 7.74. The molecule has 28 heavy (non-hydrogen) atoms. The lowest BCUT2D eigenvalue weighted by Crippen LogP contribution is -2.57. The molecule has 0 unspecified atom stereocenters. The number of nitriles is 1. The van der Waals surface area contributed by atoms with Gasteiger partial charge in [0.15, 0.2) is 16.5 Å². The number of carbonyl (C=O) groups excluding carboxylic acids is 2. The van der Waals surface area contributed by atoms with Crippen molar-refractivity contribution in [2.45, 2.75) is 18.7 Å². The van der Waals surface area contributed by atoms with E-state index in [0.29, 0.717) is 11.5 Å². The number of hydrogen-bond donors (Lipinski definition) is 1. The van der Waals surface area contributed by atoms with Crippen molar-refractivity contribution in [3.63, 3.8) is 0 Å². The SMILES string of the molecule is CCOCC(=O)OCC[C@H]1C(=O)N2C(C(=O)O)=C(Oc3ccsc3C#N)S[C@H]12. The number of hydrogen-bond acceptors (Lipinski definition) is 9. The van der Waals surface area contributed by atoms with Gasteiger partial charge in [0.05, 0.1) is 12.5 Å². The highest BCUT2D eigenvalue weighted by Crippen LogP contribution is 2.51. The molecule has 0 spiro atoms. The third-order valence-electron chi connectivity index (χ3n) is 4.07. The zero-order valence-corrected chi connectivity index (χ0v) is 16.4.